The third kappa shape index (κ3) is 4.24. The van der Waals surface area contributed by atoms with Gasteiger partial charge in [0.15, 0.2) is 11.6 Å². The number of hydrogen-bond acceptors (Lipinski definition) is 2. The van der Waals surface area contributed by atoms with Crippen LogP contribution in [0, 0.1) is 17.0 Å². The summed E-state index contributed by atoms with van der Waals surface area (Å²) in [5.74, 6) is -1.50. The summed E-state index contributed by atoms with van der Waals surface area (Å²) < 4.78 is 27.2. The summed E-state index contributed by atoms with van der Waals surface area (Å²) in [5, 5.41) is 3.11. The van der Waals surface area contributed by atoms with Gasteiger partial charge in [-0.25, -0.2) is 8.78 Å². The zero-order valence-electron chi connectivity index (χ0n) is 13.3. The van der Waals surface area contributed by atoms with Crippen molar-refractivity contribution in [1.82, 2.24) is 10.2 Å². The SMILES string of the molecule is CNC(CCN1CCC(C)(C)CC1)c1cccc(F)c1F. The van der Waals surface area contributed by atoms with Crippen molar-refractivity contribution in [2.45, 2.75) is 39.2 Å². The second-order valence-corrected chi connectivity index (χ2v) is 6.78. The third-order valence-corrected chi connectivity index (χ3v) is 4.65. The molecule has 1 aromatic carbocycles. The topological polar surface area (TPSA) is 15.3 Å². The number of nitrogens with one attached hydrogen (secondary N) is 1. The molecule has 1 unspecified atom stereocenters. The maximum absolute atomic E-state index is 13.9. The zero-order valence-corrected chi connectivity index (χ0v) is 13.3. The van der Waals surface area contributed by atoms with Gasteiger partial charge in [-0.15, -0.1) is 0 Å². The largest absolute Gasteiger partial charge is 0.313 e. The highest BCUT2D eigenvalue weighted by atomic mass is 19.2. The van der Waals surface area contributed by atoms with Crippen molar-refractivity contribution >= 4 is 0 Å². The van der Waals surface area contributed by atoms with Crippen LogP contribution in [0.2, 0.25) is 0 Å². The molecule has 1 saturated heterocycles. The molecule has 21 heavy (non-hydrogen) atoms. The molecule has 0 bridgehead atoms. The molecule has 1 atom stereocenters. The molecule has 118 valence electrons. The van der Waals surface area contributed by atoms with Crippen molar-refractivity contribution in [3.8, 4) is 0 Å². The Labute approximate surface area is 126 Å². The van der Waals surface area contributed by atoms with Crippen LogP contribution in [0.3, 0.4) is 0 Å². The van der Waals surface area contributed by atoms with Crippen LogP contribution in [-0.4, -0.2) is 31.6 Å². The molecule has 0 saturated carbocycles. The van der Waals surface area contributed by atoms with E-state index in [-0.39, 0.29) is 6.04 Å². The molecule has 1 aliphatic rings. The van der Waals surface area contributed by atoms with E-state index in [0.29, 0.717) is 11.0 Å². The predicted octanol–water partition coefficient (Wildman–Crippen LogP) is 3.74. The molecule has 1 heterocycles. The van der Waals surface area contributed by atoms with Crippen molar-refractivity contribution in [3.05, 3.63) is 35.4 Å². The second kappa shape index (κ2) is 6.84. The average Bonchev–Trinajstić information content (AvgIpc) is 2.45. The first kappa shape index (κ1) is 16.4. The van der Waals surface area contributed by atoms with E-state index in [9.17, 15) is 8.78 Å². The fourth-order valence-corrected chi connectivity index (χ4v) is 2.94. The Morgan fingerprint density at radius 3 is 2.52 bits per heavy atom. The van der Waals surface area contributed by atoms with Crippen LogP contribution in [-0.2, 0) is 0 Å². The summed E-state index contributed by atoms with van der Waals surface area (Å²) in [6, 6.07) is 4.26. The molecule has 0 radical (unpaired) electrons. The Kier molecular flexibility index (Phi) is 5.33. The van der Waals surface area contributed by atoms with Crippen LogP contribution in [0.1, 0.15) is 44.7 Å². The van der Waals surface area contributed by atoms with Gasteiger partial charge >= 0.3 is 0 Å². The smallest absolute Gasteiger partial charge is 0.163 e. The maximum atomic E-state index is 13.9. The molecule has 1 aromatic rings. The molecule has 2 nitrogen and oxygen atoms in total. The lowest BCUT2D eigenvalue weighted by atomic mass is 9.82. The van der Waals surface area contributed by atoms with E-state index in [0.717, 1.165) is 32.1 Å². The summed E-state index contributed by atoms with van der Waals surface area (Å²) in [5.41, 5.74) is 0.864. The molecule has 1 N–H and O–H groups in total. The molecule has 1 fully saturated rings. The number of benzene rings is 1. The van der Waals surface area contributed by atoms with Gasteiger partial charge in [0.2, 0.25) is 0 Å². The Hall–Kier alpha value is -1.00. The van der Waals surface area contributed by atoms with E-state index < -0.39 is 11.6 Å². The Morgan fingerprint density at radius 1 is 1.24 bits per heavy atom. The highest BCUT2D eigenvalue weighted by Crippen LogP contribution is 2.30. The number of halogens is 2. The highest BCUT2D eigenvalue weighted by molar-refractivity contribution is 5.22. The predicted molar refractivity (Wildman–Crippen MR) is 82.2 cm³/mol. The molecular weight excluding hydrogens is 270 g/mol. The van der Waals surface area contributed by atoms with Gasteiger partial charge in [0.05, 0.1) is 0 Å². The molecule has 1 aliphatic heterocycles. The third-order valence-electron chi connectivity index (χ3n) is 4.65. The minimum absolute atomic E-state index is 0.143. The second-order valence-electron chi connectivity index (χ2n) is 6.78. The van der Waals surface area contributed by atoms with Crippen LogP contribution >= 0.6 is 0 Å². The number of piperidine rings is 1. The molecule has 0 spiro atoms. The molecule has 2 rings (SSSR count). The normalized spacial score (nSPS) is 20.4. The van der Waals surface area contributed by atoms with E-state index in [1.807, 2.05) is 0 Å². The Morgan fingerprint density at radius 2 is 1.90 bits per heavy atom. The minimum Gasteiger partial charge on any atom is -0.313 e. The van der Waals surface area contributed by atoms with E-state index in [2.05, 4.69) is 24.1 Å². The first-order valence-electron chi connectivity index (χ1n) is 7.76. The van der Waals surface area contributed by atoms with E-state index >= 15 is 0 Å². The first-order chi connectivity index (χ1) is 9.93. The van der Waals surface area contributed by atoms with Crippen LogP contribution < -0.4 is 5.32 Å². The lowest BCUT2D eigenvalue weighted by molar-refractivity contribution is 0.128. The van der Waals surface area contributed by atoms with Gasteiger partial charge in [-0.3, -0.25) is 0 Å². The van der Waals surface area contributed by atoms with Crippen molar-refractivity contribution in [2.24, 2.45) is 5.41 Å². The molecule has 0 amide bonds. The Balaban J connectivity index is 1.93. The summed E-state index contributed by atoms with van der Waals surface area (Å²) in [4.78, 5) is 2.42. The Bertz CT molecular complexity index is 464. The van der Waals surface area contributed by atoms with Gasteiger partial charge in [0.25, 0.3) is 0 Å². The van der Waals surface area contributed by atoms with Crippen LogP contribution in [0.5, 0.6) is 0 Å². The van der Waals surface area contributed by atoms with Crippen molar-refractivity contribution in [1.29, 1.82) is 0 Å². The summed E-state index contributed by atoms with van der Waals surface area (Å²) in [7, 11) is 1.80. The van der Waals surface area contributed by atoms with Crippen LogP contribution in [0.25, 0.3) is 0 Å². The number of hydrogen-bond donors (Lipinski definition) is 1. The van der Waals surface area contributed by atoms with Crippen LogP contribution in [0.4, 0.5) is 8.78 Å². The highest BCUT2D eigenvalue weighted by Gasteiger charge is 2.26. The lowest BCUT2D eigenvalue weighted by Gasteiger charge is -2.37. The first-order valence-corrected chi connectivity index (χ1v) is 7.76. The molecular formula is C17H26F2N2. The van der Waals surface area contributed by atoms with E-state index in [1.54, 1.807) is 19.2 Å². The van der Waals surface area contributed by atoms with Crippen molar-refractivity contribution < 1.29 is 8.78 Å². The standard InChI is InChI=1S/C17H26F2N2/c1-17(2)8-11-21(12-9-17)10-7-15(20-3)13-5-4-6-14(18)16(13)19/h4-6,15,20H,7-12H2,1-3H3. The number of nitrogens with zero attached hydrogens (tertiary/aromatic N) is 1. The number of likely N-dealkylation sites (tertiary alicyclic amines) is 1. The monoisotopic (exact) mass is 296 g/mol. The maximum Gasteiger partial charge on any atom is 0.163 e. The molecule has 0 aliphatic carbocycles. The average molecular weight is 296 g/mol. The van der Waals surface area contributed by atoms with Gasteiger partial charge in [-0.1, -0.05) is 26.0 Å². The summed E-state index contributed by atoms with van der Waals surface area (Å²) in [6.07, 6.45) is 3.19. The molecule has 0 aromatic heterocycles. The molecule has 4 heteroatoms. The summed E-state index contributed by atoms with van der Waals surface area (Å²) >= 11 is 0. The van der Waals surface area contributed by atoms with Crippen LogP contribution in [0.15, 0.2) is 18.2 Å². The fraction of sp³-hybridized carbons (Fsp3) is 0.647. The lowest BCUT2D eigenvalue weighted by Crippen LogP contribution is -2.38. The van der Waals surface area contributed by atoms with Gasteiger partial charge in [-0.05, 0) is 57.4 Å². The van der Waals surface area contributed by atoms with Crippen molar-refractivity contribution in [3.63, 3.8) is 0 Å². The van der Waals surface area contributed by atoms with Gasteiger partial charge in [-0.2, -0.15) is 0 Å². The van der Waals surface area contributed by atoms with Gasteiger partial charge in [0.1, 0.15) is 0 Å². The van der Waals surface area contributed by atoms with E-state index in [4.69, 9.17) is 0 Å². The quantitative estimate of drug-likeness (QED) is 0.890. The summed E-state index contributed by atoms with van der Waals surface area (Å²) in [6.45, 7) is 7.72. The van der Waals surface area contributed by atoms with E-state index in [1.165, 1.54) is 12.8 Å². The van der Waals surface area contributed by atoms with Gasteiger partial charge < -0.3 is 10.2 Å². The van der Waals surface area contributed by atoms with Gasteiger partial charge in [0, 0.05) is 11.6 Å². The zero-order chi connectivity index (χ0) is 15.5. The minimum atomic E-state index is -0.771. The fourth-order valence-electron chi connectivity index (χ4n) is 2.94. The number of rotatable bonds is 5. The van der Waals surface area contributed by atoms with Crippen molar-refractivity contribution in [2.75, 3.05) is 26.7 Å².